The molecule has 0 radical (unpaired) electrons. The Bertz CT molecular complexity index is 1070. The van der Waals surface area contributed by atoms with Gasteiger partial charge >= 0.3 is 0 Å². The number of hydrogen-bond donors (Lipinski definition) is 0. The van der Waals surface area contributed by atoms with Crippen LogP contribution in [-0.4, -0.2) is 0 Å². The molecule has 0 N–H and O–H groups in total. The molecule has 0 amide bonds. The first kappa shape index (κ1) is 20.4. The van der Waals surface area contributed by atoms with Crippen LogP contribution in [0.5, 0.6) is 0 Å². The third-order valence-electron chi connectivity index (χ3n) is 5.76. The van der Waals surface area contributed by atoms with Crippen molar-refractivity contribution in [3.05, 3.63) is 150 Å². The minimum atomic E-state index is -0.417. The highest BCUT2D eigenvalue weighted by atomic mass is 14.5. The minimum Gasteiger partial charge on any atom is -0.0991 e. The van der Waals surface area contributed by atoms with Crippen molar-refractivity contribution in [2.45, 2.75) is 19.3 Å². The third kappa shape index (κ3) is 2.84. The highest BCUT2D eigenvalue weighted by Crippen LogP contribution is 2.61. The third-order valence-corrected chi connectivity index (χ3v) is 5.76. The average Bonchev–Trinajstić information content (AvgIpc) is 3.15. The molecule has 0 saturated heterocycles. The van der Waals surface area contributed by atoms with E-state index in [1.807, 2.05) is 36.5 Å². The van der Waals surface area contributed by atoms with Crippen molar-refractivity contribution in [2.75, 3.05) is 0 Å². The second-order valence-electron chi connectivity index (χ2n) is 7.09. The maximum absolute atomic E-state index is 4.15. The van der Waals surface area contributed by atoms with E-state index in [2.05, 4.69) is 88.7 Å². The quantitative estimate of drug-likeness (QED) is 0.427. The van der Waals surface area contributed by atoms with Crippen molar-refractivity contribution < 1.29 is 0 Å². The average molecular weight is 377 g/mol. The van der Waals surface area contributed by atoms with Crippen LogP contribution in [0.1, 0.15) is 25.0 Å². The van der Waals surface area contributed by atoms with E-state index in [0.29, 0.717) is 0 Å². The summed E-state index contributed by atoms with van der Waals surface area (Å²) in [6.07, 6.45) is 20.3. The molecular formula is C29H28. The van der Waals surface area contributed by atoms with Gasteiger partial charge < -0.3 is 0 Å². The van der Waals surface area contributed by atoms with Gasteiger partial charge in [0.1, 0.15) is 0 Å². The monoisotopic (exact) mass is 376 g/mol. The van der Waals surface area contributed by atoms with Gasteiger partial charge in [0.2, 0.25) is 0 Å². The molecule has 0 aliphatic heterocycles. The van der Waals surface area contributed by atoms with Crippen molar-refractivity contribution >= 4 is 5.57 Å². The molecule has 29 heavy (non-hydrogen) atoms. The van der Waals surface area contributed by atoms with Crippen LogP contribution in [-0.2, 0) is 5.41 Å². The van der Waals surface area contributed by atoms with E-state index in [1.165, 1.54) is 39.0 Å². The standard InChI is InChI=1S/C29H28/c1-7-12-18-26-22(10-4)21(6)25(16-9-3)29(26)27(19-13-8-2)23(11-5)24-17-14-15-20-28(24)29/h7-20H,1-2,4-5H2,3,6H3/b16-9-,18-12-,19-13-. The molecule has 0 heterocycles. The van der Waals surface area contributed by atoms with Crippen LogP contribution in [0.4, 0.5) is 0 Å². The molecule has 0 nitrogen and oxygen atoms in total. The minimum absolute atomic E-state index is 0.417. The molecule has 1 spiro atoms. The first-order valence-corrected chi connectivity index (χ1v) is 9.90. The van der Waals surface area contributed by atoms with Crippen molar-refractivity contribution in [1.82, 2.24) is 0 Å². The number of fused-ring (bicyclic) bond motifs is 2. The van der Waals surface area contributed by atoms with E-state index >= 15 is 0 Å². The maximum atomic E-state index is 4.15. The second-order valence-corrected chi connectivity index (χ2v) is 7.09. The summed E-state index contributed by atoms with van der Waals surface area (Å²) in [5, 5.41) is 0. The fraction of sp³-hybridized carbons (Fsp3) is 0.103. The Morgan fingerprint density at radius 1 is 0.759 bits per heavy atom. The van der Waals surface area contributed by atoms with Crippen LogP contribution in [0.25, 0.3) is 5.57 Å². The number of allylic oxidation sites excluding steroid dienone is 16. The lowest BCUT2D eigenvalue weighted by atomic mass is 9.67. The molecule has 144 valence electrons. The van der Waals surface area contributed by atoms with E-state index < -0.39 is 5.41 Å². The van der Waals surface area contributed by atoms with Crippen molar-refractivity contribution in [1.29, 1.82) is 0 Å². The molecule has 0 bridgehead atoms. The van der Waals surface area contributed by atoms with Gasteiger partial charge in [-0.05, 0) is 58.4 Å². The zero-order chi connectivity index (χ0) is 21.0. The predicted molar refractivity (Wildman–Crippen MR) is 129 cm³/mol. The molecular weight excluding hydrogens is 348 g/mol. The van der Waals surface area contributed by atoms with Gasteiger partial charge in [0.25, 0.3) is 0 Å². The first-order chi connectivity index (χ1) is 14.1. The van der Waals surface area contributed by atoms with Gasteiger partial charge in [0, 0.05) is 0 Å². The predicted octanol–water partition coefficient (Wildman–Crippen LogP) is 7.75. The molecule has 2 aliphatic rings. The Balaban J connectivity index is 2.58. The lowest BCUT2D eigenvalue weighted by molar-refractivity contribution is 0.770. The van der Waals surface area contributed by atoms with Gasteiger partial charge in [0.05, 0.1) is 5.41 Å². The Hall–Kier alpha value is -3.38. The largest absolute Gasteiger partial charge is 0.0991 e. The van der Waals surface area contributed by atoms with E-state index in [0.717, 1.165) is 5.57 Å². The molecule has 3 rings (SSSR count). The molecule has 0 saturated carbocycles. The van der Waals surface area contributed by atoms with Crippen LogP contribution in [0.3, 0.4) is 0 Å². The lowest BCUT2D eigenvalue weighted by Gasteiger charge is -2.33. The number of rotatable bonds is 7. The Labute approximate surface area is 175 Å². The summed E-state index contributed by atoms with van der Waals surface area (Å²) in [4.78, 5) is 0. The lowest BCUT2D eigenvalue weighted by Crippen LogP contribution is -2.28. The smallest absolute Gasteiger partial charge is 0.0722 e. The summed E-state index contributed by atoms with van der Waals surface area (Å²) in [5.41, 5.74) is 9.33. The molecule has 0 heteroatoms. The first-order valence-electron chi connectivity index (χ1n) is 9.90. The van der Waals surface area contributed by atoms with E-state index in [-0.39, 0.29) is 0 Å². The zero-order valence-corrected chi connectivity index (χ0v) is 17.4. The van der Waals surface area contributed by atoms with Gasteiger partial charge in [-0.25, -0.2) is 0 Å². The number of hydrogen-bond acceptors (Lipinski definition) is 0. The van der Waals surface area contributed by atoms with Crippen molar-refractivity contribution in [2.24, 2.45) is 0 Å². The Morgan fingerprint density at radius 3 is 1.90 bits per heavy atom. The fourth-order valence-electron chi connectivity index (χ4n) is 4.75. The SMILES string of the molecule is C=C/C=C\C1=C(C=C)C(C)=C(/C=C\C)C12C(/C=C\C=C)=C(C=C)c1ccccc12. The second kappa shape index (κ2) is 8.32. The van der Waals surface area contributed by atoms with Crippen molar-refractivity contribution in [3.8, 4) is 0 Å². The van der Waals surface area contributed by atoms with Crippen LogP contribution in [0, 0.1) is 0 Å². The molecule has 0 fully saturated rings. The van der Waals surface area contributed by atoms with Gasteiger partial charge in [-0.2, -0.15) is 0 Å². The molecule has 1 atom stereocenters. The van der Waals surface area contributed by atoms with E-state index in [1.54, 1.807) is 0 Å². The molecule has 0 aromatic heterocycles. The fourth-order valence-corrected chi connectivity index (χ4v) is 4.75. The summed E-state index contributed by atoms with van der Waals surface area (Å²) < 4.78 is 0. The Kier molecular flexibility index (Phi) is 5.84. The van der Waals surface area contributed by atoms with Gasteiger partial charge in [-0.15, -0.1) is 0 Å². The van der Waals surface area contributed by atoms with Crippen LogP contribution < -0.4 is 0 Å². The summed E-state index contributed by atoms with van der Waals surface area (Å²) in [5.74, 6) is 0. The van der Waals surface area contributed by atoms with E-state index in [9.17, 15) is 0 Å². The van der Waals surface area contributed by atoms with Gasteiger partial charge in [0.15, 0.2) is 0 Å². The van der Waals surface area contributed by atoms with Crippen LogP contribution >= 0.6 is 0 Å². The van der Waals surface area contributed by atoms with Gasteiger partial charge in [-0.3, -0.25) is 0 Å². The molecule has 1 aromatic carbocycles. The molecule has 2 aliphatic carbocycles. The van der Waals surface area contributed by atoms with Crippen LogP contribution in [0.15, 0.2) is 139 Å². The zero-order valence-electron chi connectivity index (χ0n) is 17.4. The normalized spacial score (nSPS) is 21.3. The van der Waals surface area contributed by atoms with Crippen LogP contribution in [0.2, 0.25) is 0 Å². The van der Waals surface area contributed by atoms with E-state index in [4.69, 9.17) is 0 Å². The van der Waals surface area contributed by atoms with Gasteiger partial charge in [-0.1, -0.05) is 111 Å². The molecule has 1 aromatic rings. The number of benzene rings is 1. The van der Waals surface area contributed by atoms with Crippen molar-refractivity contribution in [3.63, 3.8) is 0 Å². The summed E-state index contributed by atoms with van der Waals surface area (Å²) in [6.45, 7) is 20.3. The summed E-state index contributed by atoms with van der Waals surface area (Å²) in [6, 6.07) is 8.63. The maximum Gasteiger partial charge on any atom is 0.0722 e. The summed E-state index contributed by atoms with van der Waals surface area (Å²) in [7, 11) is 0. The summed E-state index contributed by atoms with van der Waals surface area (Å²) >= 11 is 0. The highest BCUT2D eigenvalue weighted by Gasteiger charge is 2.51. The topological polar surface area (TPSA) is 0 Å². The molecule has 1 unspecified atom stereocenters. The Morgan fingerprint density at radius 2 is 1.34 bits per heavy atom. The highest BCUT2D eigenvalue weighted by molar-refractivity contribution is 5.94.